The summed E-state index contributed by atoms with van der Waals surface area (Å²) in [7, 11) is 0. The molecule has 0 atom stereocenters. The Kier molecular flexibility index (Phi) is 2.13. The molecule has 0 aliphatic carbocycles. The van der Waals surface area contributed by atoms with Crippen LogP contribution in [0.25, 0.3) is 0 Å². The summed E-state index contributed by atoms with van der Waals surface area (Å²) in [5, 5.41) is 0. The smallest absolute Gasteiger partial charge is 0.0401 e. The number of nitrogen functional groups attached to an aromatic ring is 1. The fourth-order valence-electron chi connectivity index (χ4n) is 1.99. The lowest BCUT2D eigenvalue weighted by Gasteiger charge is -2.17. The number of rotatable bonds is 2. The highest BCUT2D eigenvalue weighted by Gasteiger charge is 2.17. The Morgan fingerprint density at radius 3 is 3.08 bits per heavy atom. The molecule has 2 nitrogen and oxygen atoms in total. The second-order valence-corrected chi connectivity index (χ2v) is 3.63. The fourth-order valence-corrected chi connectivity index (χ4v) is 1.99. The molecular formula is C11H16N2. The second-order valence-electron chi connectivity index (χ2n) is 3.63. The van der Waals surface area contributed by atoms with Crippen LogP contribution in [-0.2, 0) is 6.42 Å². The maximum absolute atomic E-state index is 5.73. The normalized spacial score (nSPS) is 14.7. The maximum Gasteiger partial charge on any atom is 0.0401 e. The molecule has 0 unspecified atom stereocenters. The molecule has 1 aromatic rings. The Balaban J connectivity index is 2.27. The molecule has 0 amide bonds. The molecule has 0 spiro atoms. The van der Waals surface area contributed by atoms with E-state index in [9.17, 15) is 0 Å². The van der Waals surface area contributed by atoms with Crippen LogP contribution in [0.4, 0.5) is 11.4 Å². The quantitative estimate of drug-likeness (QED) is 0.699. The summed E-state index contributed by atoms with van der Waals surface area (Å²) in [6, 6.07) is 6.24. The number of hydrogen-bond acceptors (Lipinski definition) is 2. The number of benzene rings is 1. The van der Waals surface area contributed by atoms with Gasteiger partial charge in [-0.25, -0.2) is 0 Å². The van der Waals surface area contributed by atoms with Crippen LogP contribution in [0.5, 0.6) is 0 Å². The predicted octanol–water partition coefficient (Wildman–Crippen LogP) is 2.04. The van der Waals surface area contributed by atoms with Crippen molar-refractivity contribution in [2.24, 2.45) is 0 Å². The van der Waals surface area contributed by atoms with Gasteiger partial charge in [0.1, 0.15) is 0 Å². The van der Waals surface area contributed by atoms with Crippen molar-refractivity contribution in [3.05, 3.63) is 23.8 Å². The monoisotopic (exact) mass is 176 g/mol. The van der Waals surface area contributed by atoms with E-state index in [1.165, 1.54) is 17.7 Å². The van der Waals surface area contributed by atoms with Crippen molar-refractivity contribution < 1.29 is 0 Å². The molecule has 0 bridgehead atoms. The fraction of sp³-hybridized carbons (Fsp3) is 0.455. The summed E-state index contributed by atoms with van der Waals surface area (Å²) >= 11 is 0. The SMILES string of the molecule is CCCN1CCc2cc(N)ccc21. The first-order valence-corrected chi connectivity index (χ1v) is 4.94. The molecule has 0 saturated carbocycles. The van der Waals surface area contributed by atoms with E-state index in [-0.39, 0.29) is 0 Å². The zero-order chi connectivity index (χ0) is 9.26. The molecule has 70 valence electrons. The van der Waals surface area contributed by atoms with Crippen molar-refractivity contribution >= 4 is 11.4 Å². The summed E-state index contributed by atoms with van der Waals surface area (Å²) in [6.07, 6.45) is 2.37. The third-order valence-corrected chi connectivity index (χ3v) is 2.59. The Morgan fingerprint density at radius 2 is 2.31 bits per heavy atom. The highest BCUT2D eigenvalue weighted by atomic mass is 15.1. The van der Waals surface area contributed by atoms with Crippen molar-refractivity contribution in [2.45, 2.75) is 19.8 Å². The molecule has 0 radical (unpaired) electrons. The number of nitrogens with two attached hydrogens (primary N) is 1. The van der Waals surface area contributed by atoms with Crippen LogP contribution in [0.3, 0.4) is 0 Å². The van der Waals surface area contributed by atoms with Gasteiger partial charge in [0.2, 0.25) is 0 Å². The Morgan fingerprint density at radius 1 is 1.46 bits per heavy atom. The number of hydrogen-bond donors (Lipinski definition) is 1. The van der Waals surface area contributed by atoms with Crippen LogP contribution in [0.2, 0.25) is 0 Å². The lowest BCUT2D eigenvalue weighted by molar-refractivity contribution is 0.796. The zero-order valence-electron chi connectivity index (χ0n) is 8.09. The first-order valence-electron chi connectivity index (χ1n) is 4.94. The highest BCUT2D eigenvalue weighted by molar-refractivity contribution is 5.62. The molecule has 0 aromatic heterocycles. The molecule has 1 aromatic carbocycles. The second kappa shape index (κ2) is 3.29. The molecule has 0 saturated heterocycles. The summed E-state index contributed by atoms with van der Waals surface area (Å²) in [4.78, 5) is 2.44. The molecule has 1 heterocycles. The standard InChI is InChI=1S/C11H16N2/c1-2-6-13-7-5-9-8-10(12)3-4-11(9)13/h3-4,8H,2,5-7,12H2,1H3. The van der Waals surface area contributed by atoms with Crippen LogP contribution in [0.15, 0.2) is 18.2 Å². The minimum Gasteiger partial charge on any atom is -0.399 e. The third kappa shape index (κ3) is 1.48. The van der Waals surface area contributed by atoms with E-state index < -0.39 is 0 Å². The van der Waals surface area contributed by atoms with Gasteiger partial charge in [-0.2, -0.15) is 0 Å². The van der Waals surface area contributed by atoms with E-state index in [2.05, 4.69) is 24.0 Å². The van der Waals surface area contributed by atoms with Gasteiger partial charge in [-0.15, -0.1) is 0 Å². The van der Waals surface area contributed by atoms with Crippen LogP contribution in [-0.4, -0.2) is 13.1 Å². The van der Waals surface area contributed by atoms with Gasteiger partial charge in [0.25, 0.3) is 0 Å². The molecule has 2 rings (SSSR count). The summed E-state index contributed by atoms with van der Waals surface area (Å²) in [5.41, 5.74) is 9.41. The van der Waals surface area contributed by atoms with Crippen LogP contribution >= 0.6 is 0 Å². The van der Waals surface area contributed by atoms with Gasteiger partial charge in [0, 0.05) is 24.5 Å². The highest BCUT2D eigenvalue weighted by Crippen LogP contribution is 2.29. The van der Waals surface area contributed by atoms with E-state index in [1.54, 1.807) is 0 Å². The molecule has 2 N–H and O–H groups in total. The largest absolute Gasteiger partial charge is 0.399 e. The predicted molar refractivity (Wildman–Crippen MR) is 57.1 cm³/mol. The van der Waals surface area contributed by atoms with Gasteiger partial charge in [-0.1, -0.05) is 6.92 Å². The topological polar surface area (TPSA) is 29.3 Å². The molecule has 1 aliphatic heterocycles. The average molecular weight is 176 g/mol. The summed E-state index contributed by atoms with van der Waals surface area (Å²) in [6.45, 7) is 4.54. The number of anilines is 2. The molecule has 1 aliphatic rings. The van der Waals surface area contributed by atoms with E-state index >= 15 is 0 Å². The Labute approximate surface area is 79.4 Å². The first-order chi connectivity index (χ1) is 6.31. The molecule has 13 heavy (non-hydrogen) atoms. The maximum atomic E-state index is 5.73. The van der Waals surface area contributed by atoms with Gasteiger partial charge in [-0.05, 0) is 36.6 Å². The molecule has 0 fully saturated rings. The van der Waals surface area contributed by atoms with Gasteiger partial charge in [-0.3, -0.25) is 0 Å². The van der Waals surface area contributed by atoms with E-state index in [0.29, 0.717) is 0 Å². The minimum absolute atomic E-state index is 0.886. The Bertz CT molecular complexity index is 307. The third-order valence-electron chi connectivity index (χ3n) is 2.59. The molecule has 2 heteroatoms. The molecular weight excluding hydrogens is 160 g/mol. The zero-order valence-corrected chi connectivity index (χ0v) is 8.09. The minimum atomic E-state index is 0.886. The van der Waals surface area contributed by atoms with Crippen molar-refractivity contribution in [3.8, 4) is 0 Å². The Hall–Kier alpha value is -1.18. The summed E-state index contributed by atoms with van der Waals surface area (Å²) in [5.74, 6) is 0. The van der Waals surface area contributed by atoms with Crippen molar-refractivity contribution in [2.75, 3.05) is 23.7 Å². The van der Waals surface area contributed by atoms with E-state index in [1.807, 2.05) is 6.07 Å². The number of fused-ring (bicyclic) bond motifs is 1. The average Bonchev–Trinajstić information content (AvgIpc) is 2.49. The van der Waals surface area contributed by atoms with E-state index in [4.69, 9.17) is 5.73 Å². The van der Waals surface area contributed by atoms with Crippen molar-refractivity contribution in [1.82, 2.24) is 0 Å². The van der Waals surface area contributed by atoms with Gasteiger partial charge in [0.05, 0.1) is 0 Å². The van der Waals surface area contributed by atoms with Gasteiger partial charge >= 0.3 is 0 Å². The van der Waals surface area contributed by atoms with Gasteiger partial charge < -0.3 is 10.6 Å². The lowest BCUT2D eigenvalue weighted by atomic mass is 10.1. The number of nitrogens with zero attached hydrogens (tertiary/aromatic N) is 1. The van der Waals surface area contributed by atoms with Crippen LogP contribution in [0, 0.1) is 0 Å². The van der Waals surface area contributed by atoms with Crippen LogP contribution in [0.1, 0.15) is 18.9 Å². The van der Waals surface area contributed by atoms with Crippen molar-refractivity contribution in [3.63, 3.8) is 0 Å². The summed E-state index contributed by atoms with van der Waals surface area (Å²) < 4.78 is 0. The van der Waals surface area contributed by atoms with Crippen LogP contribution < -0.4 is 10.6 Å². The lowest BCUT2D eigenvalue weighted by Crippen LogP contribution is -2.20. The van der Waals surface area contributed by atoms with Gasteiger partial charge in [0.15, 0.2) is 0 Å². The van der Waals surface area contributed by atoms with Crippen molar-refractivity contribution in [1.29, 1.82) is 0 Å². The first kappa shape index (κ1) is 8.42. The van der Waals surface area contributed by atoms with E-state index in [0.717, 1.165) is 25.2 Å².